The van der Waals surface area contributed by atoms with Crippen molar-refractivity contribution in [3.8, 4) is 5.75 Å². The number of nitro groups is 1. The fourth-order valence-electron chi connectivity index (χ4n) is 3.31. The summed E-state index contributed by atoms with van der Waals surface area (Å²) in [4.78, 5) is 37.3. The second kappa shape index (κ2) is 9.68. The van der Waals surface area contributed by atoms with Crippen LogP contribution in [0.1, 0.15) is 12.8 Å². The molecule has 0 saturated carbocycles. The van der Waals surface area contributed by atoms with E-state index in [0.717, 1.165) is 6.42 Å². The molecule has 30 heavy (non-hydrogen) atoms. The number of nitro benzene ring substituents is 1. The number of nitrogens with zero attached hydrogens (tertiary/aromatic N) is 2. The normalized spacial score (nSPS) is 16.1. The van der Waals surface area contributed by atoms with Gasteiger partial charge >= 0.3 is 0 Å². The molecule has 1 atom stereocenters. The van der Waals surface area contributed by atoms with E-state index in [2.05, 4.69) is 26.6 Å². The van der Waals surface area contributed by atoms with E-state index < -0.39 is 11.0 Å². The van der Waals surface area contributed by atoms with Gasteiger partial charge in [0.15, 0.2) is 0 Å². The summed E-state index contributed by atoms with van der Waals surface area (Å²) >= 11 is 3.23. The molecule has 2 amide bonds. The molecular weight excluding hydrogens is 456 g/mol. The van der Waals surface area contributed by atoms with Gasteiger partial charge in [0.25, 0.3) is 5.69 Å². The van der Waals surface area contributed by atoms with Crippen LogP contribution in [0.3, 0.4) is 0 Å². The third-order valence-corrected chi connectivity index (χ3v) is 5.46. The van der Waals surface area contributed by atoms with Gasteiger partial charge in [-0.15, -0.1) is 0 Å². The molecule has 0 aromatic heterocycles. The average Bonchev–Trinajstić information content (AvgIpc) is 3.18. The molecule has 2 aromatic rings. The molecule has 2 aromatic carbocycles. The molecule has 1 aliphatic rings. The number of likely N-dealkylation sites (tertiary alicyclic amines) is 1. The number of carbonyl (C=O) groups is 2. The summed E-state index contributed by atoms with van der Waals surface area (Å²) in [6.45, 7) is 0.680. The Hall–Kier alpha value is -2.98. The molecule has 9 nitrogen and oxygen atoms in total. The Bertz CT molecular complexity index is 951. The first kappa shape index (κ1) is 21.7. The number of anilines is 2. The van der Waals surface area contributed by atoms with Gasteiger partial charge in [0.05, 0.1) is 30.3 Å². The second-order valence-electron chi connectivity index (χ2n) is 6.82. The Morgan fingerprint density at radius 1 is 1.23 bits per heavy atom. The lowest BCUT2D eigenvalue weighted by Gasteiger charge is -2.23. The van der Waals surface area contributed by atoms with Crippen LogP contribution in [0, 0.1) is 10.1 Å². The Morgan fingerprint density at radius 2 is 1.97 bits per heavy atom. The maximum Gasteiger partial charge on any atom is 0.270 e. The number of amides is 2. The zero-order chi connectivity index (χ0) is 21.7. The number of hydrogen-bond donors (Lipinski definition) is 2. The standard InChI is InChI=1S/C20H21BrN4O5/c1-30-15-7-4-13(5-8-15)22-20(27)18-3-2-10-24(18)12-19(26)23-17-9-6-14(25(28)29)11-16(17)21/h4-9,11,18H,2-3,10,12H2,1H3,(H,22,27)(H,23,26). The van der Waals surface area contributed by atoms with Crippen LogP contribution >= 0.6 is 15.9 Å². The van der Waals surface area contributed by atoms with Crippen LogP contribution in [0.2, 0.25) is 0 Å². The van der Waals surface area contributed by atoms with Crippen LogP contribution < -0.4 is 15.4 Å². The molecule has 1 fully saturated rings. The van der Waals surface area contributed by atoms with Crippen LogP contribution in [-0.4, -0.2) is 47.9 Å². The molecule has 3 rings (SSSR count). The first-order chi connectivity index (χ1) is 14.4. The van der Waals surface area contributed by atoms with E-state index in [-0.39, 0.29) is 24.0 Å². The SMILES string of the molecule is COc1ccc(NC(=O)C2CCCN2CC(=O)Nc2ccc([N+](=O)[O-])cc2Br)cc1. The predicted molar refractivity (Wildman–Crippen MR) is 116 cm³/mol. The Morgan fingerprint density at radius 3 is 2.60 bits per heavy atom. The third kappa shape index (κ3) is 5.33. The lowest BCUT2D eigenvalue weighted by Crippen LogP contribution is -2.43. The van der Waals surface area contributed by atoms with Gasteiger partial charge in [-0.3, -0.25) is 24.6 Å². The van der Waals surface area contributed by atoms with E-state index in [0.29, 0.717) is 34.6 Å². The van der Waals surface area contributed by atoms with Crippen molar-refractivity contribution < 1.29 is 19.2 Å². The molecule has 0 spiro atoms. The minimum atomic E-state index is -0.507. The van der Waals surface area contributed by atoms with Crippen molar-refractivity contribution in [3.05, 3.63) is 57.1 Å². The molecule has 0 bridgehead atoms. The number of nitrogens with one attached hydrogen (secondary N) is 2. The van der Waals surface area contributed by atoms with Gasteiger partial charge in [-0.1, -0.05) is 0 Å². The Kier molecular flexibility index (Phi) is 7.01. The molecule has 158 valence electrons. The number of non-ortho nitro benzene ring substituents is 1. The van der Waals surface area contributed by atoms with E-state index >= 15 is 0 Å². The van der Waals surface area contributed by atoms with Gasteiger partial charge < -0.3 is 15.4 Å². The van der Waals surface area contributed by atoms with Crippen molar-refractivity contribution in [2.75, 3.05) is 30.8 Å². The molecule has 1 unspecified atom stereocenters. The van der Waals surface area contributed by atoms with Gasteiger partial charge in [-0.05, 0) is 65.6 Å². The summed E-state index contributed by atoms with van der Waals surface area (Å²) in [6.07, 6.45) is 1.48. The maximum atomic E-state index is 12.7. The monoisotopic (exact) mass is 476 g/mol. The smallest absolute Gasteiger partial charge is 0.270 e. The van der Waals surface area contributed by atoms with Crippen LogP contribution in [-0.2, 0) is 9.59 Å². The highest BCUT2D eigenvalue weighted by Crippen LogP contribution is 2.27. The number of benzene rings is 2. The van der Waals surface area contributed by atoms with Gasteiger partial charge in [0.1, 0.15) is 5.75 Å². The molecular formula is C20H21BrN4O5. The van der Waals surface area contributed by atoms with E-state index in [1.807, 2.05) is 4.90 Å². The summed E-state index contributed by atoms with van der Waals surface area (Å²) in [6, 6.07) is 10.8. The number of hydrogen-bond acceptors (Lipinski definition) is 6. The largest absolute Gasteiger partial charge is 0.497 e. The lowest BCUT2D eigenvalue weighted by molar-refractivity contribution is -0.384. The van der Waals surface area contributed by atoms with Gasteiger partial charge in [0, 0.05) is 22.3 Å². The van der Waals surface area contributed by atoms with Crippen molar-refractivity contribution >= 4 is 44.8 Å². The summed E-state index contributed by atoms with van der Waals surface area (Å²) in [5.41, 5.74) is 1.02. The van der Waals surface area contributed by atoms with Crippen LogP contribution in [0.4, 0.5) is 17.1 Å². The van der Waals surface area contributed by atoms with Crippen molar-refractivity contribution in [2.45, 2.75) is 18.9 Å². The Balaban J connectivity index is 1.59. The second-order valence-corrected chi connectivity index (χ2v) is 7.67. The molecule has 0 aliphatic carbocycles. The number of methoxy groups -OCH3 is 1. The minimum absolute atomic E-state index is 0.0458. The summed E-state index contributed by atoms with van der Waals surface area (Å²) in [5, 5.41) is 16.4. The maximum absolute atomic E-state index is 12.7. The van der Waals surface area contributed by atoms with Gasteiger partial charge in [-0.2, -0.15) is 0 Å². The highest BCUT2D eigenvalue weighted by molar-refractivity contribution is 9.10. The average molecular weight is 477 g/mol. The fraction of sp³-hybridized carbons (Fsp3) is 0.300. The van der Waals surface area contributed by atoms with Crippen molar-refractivity contribution in [1.29, 1.82) is 0 Å². The topological polar surface area (TPSA) is 114 Å². The number of halogens is 1. The first-order valence-electron chi connectivity index (χ1n) is 9.30. The Labute approximate surface area is 181 Å². The summed E-state index contributed by atoms with van der Waals surface area (Å²) in [5.74, 6) is 0.236. The number of carbonyl (C=O) groups excluding carboxylic acids is 2. The van der Waals surface area contributed by atoms with Crippen LogP contribution in [0.15, 0.2) is 46.9 Å². The molecule has 2 N–H and O–H groups in total. The summed E-state index contributed by atoms with van der Waals surface area (Å²) < 4.78 is 5.53. The van der Waals surface area contributed by atoms with E-state index in [1.54, 1.807) is 31.4 Å². The zero-order valence-corrected chi connectivity index (χ0v) is 17.8. The minimum Gasteiger partial charge on any atom is -0.497 e. The van der Waals surface area contributed by atoms with Gasteiger partial charge in [-0.25, -0.2) is 0 Å². The van der Waals surface area contributed by atoms with E-state index in [9.17, 15) is 19.7 Å². The summed E-state index contributed by atoms with van der Waals surface area (Å²) in [7, 11) is 1.57. The van der Waals surface area contributed by atoms with E-state index in [1.165, 1.54) is 18.2 Å². The molecule has 0 radical (unpaired) electrons. The number of rotatable bonds is 7. The molecule has 1 aliphatic heterocycles. The highest BCUT2D eigenvalue weighted by Gasteiger charge is 2.32. The molecule has 1 heterocycles. The highest BCUT2D eigenvalue weighted by atomic mass is 79.9. The molecule has 10 heteroatoms. The van der Waals surface area contributed by atoms with E-state index in [4.69, 9.17) is 4.74 Å². The predicted octanol–water partition coefficient (Wildman–Crippen LogP) is 3.41. The fourth-order valence-corrected chi connectivity index (χ4v) is 3.77. The third-order valence-electron chi connectivity index (χ3n) is 4.81. The molecule has 1 saturated heterocycles. The van der Waals surface area contributed by atoms with Gasteiger partial charge in [0.2, 0.25) is 11.8 Å². The van der Waals surface area contributed by atoms with Crippen LogP contribution in [0.5, 0.6) is 5.75 Å². The lowest BCUT2D eigenvalue weighted by atomic mass is 10.2. The number of ether oxygens (including phenoxy) is 1. The first-order valence-corrected chi connectivity index (χ1v) is 10.1. The van der Waals surface area contributed by atoms with Crippen molar-refractivity contribution in [2.24, 2.45) is 0 Å². The van der Waals surface area contributed by atoms with Crippen LogP contribution in [0.25, 0.3) is 0 Å². The quantitative estimate of drug-likeness (QED) is 0.467. The van der Waals surface area contributed by atoms with Crippen molar-refractivity contribution in [1.82, 2.24) is 4.90 Å². The zero-order valence-electron chi connectivity index (χ0n) is 16.3. The van der Waals surface area contributed by atoms with Crippen molar-refractivity contribution in [3.63, 3.8) is 0 Å².